The van der Waals surface area contributed by atoms with Crippen molar-refractivity contribution in [3.63, 3.8) is 0 Å². The van der Waals surface area contributed by atoms with Crippen LogP contribution in [0.15, 0.2) is 54.6 Å². The van der Waals surface area contributed by atoms with Crippen molar-refractivity contribution in [2.75, 3.05) is 6.26 Å². The average molecular weight is 620 g/mol. The highest BCUT2D eigenvalue weighted by molar-refractivity contribution is 7.88. The van der Waals surface area contributed by atoms with E-state index in [9.17, 15) is 33.0 Å². The standard InChI is InChI=1S/C33H37N3O7S/c1-18-8-11-23(19(2)14-18)30-29(31(34)38)26-16-20(24-12-10-21(33(40)41)15-22(24)17-37)9-13-25(26)32(39)36(30)28-7-5-4-6-27(28)35-44(3,42)43/h8-16,27-30,35,37H,4-7,17H2,1-3H3,(H2,34,38)(H,40,41)/t27-,28-,29+,30-/m0/s1. The summed E-state index contributed by atoms with van der Waals surface area (Å²) in [6.45, 7) is 3.45. The van der Waals surface area contributed by atoms with E-state index < -0.39 is 52.6 Å². The summed E-state index contributed by atoms with van der Waals surface area (Å²) in [5.74, 6) is -3.07. The first-order valence-corrected chi connectivity index (χ1v) is 16.5. The average Bonchev–Trinajstić information content (AvgIpc) is 2.96. The van der Waals surface area contributed by atoms with Crippen LogP contribution in [0.5, 0.6) is 0 Å². The van der Waals surface area contributed by atoms with E-state index >= 15 is 0 Å². The van der Waals surface area contributed by atoms with Crippen LogP contribution < -0.4 is 10.5 Å². The third-order valence-corrected chi connectivity index (χ3v) is 9.53. The van der Waals surface area contributed by atoms with Gasteiger partial charge in [-0.1, -0.05) is 48.7 Å². The van der Waals surface area contributed by atoms with Gasteiger partial charge in [-0.3, -0.25) is 9.59 Å². The summed E-state index contributed by atoms with van der Waals surface area (Å²) in [6.07, 6.45) is 3.79. The molecule has 3 aromatic rings. The fourth-order valence-corrected chi connectivity index (χ4v) is 7.75. The summed E-state index contributed by atoms with van der Waals surface area (Å²) in [6, 6.07) is 13.4. The van der Waals surface area contributed by atoms with Gasteiger partial charge in [0.25, 0.3) is 5.91 Å². The molecule has 1 aliphatic heterocycles. The van der Waals surface area contributed by atoms with Crippen LogP contribution >= 0.6 is 0 Å². The molecule has 1 aliphatic carbocycles. The number of hydrogen-bond donors (Lipinski definition) is 4. The monoisotopic (exact) mass is 619 g/mol. The van der Waals surface area contributed by atoms with Crippen molar-refractivity contribution in [3.8, 4) is 11.1 Å². The van der Waals surface area contributed by atoms with Crippen molar-refractivity contribution in [2.45, 2.75) is 70.2 Å². The van der Waals surface area contributed by atoms with Crippen LogP contribution in [0.3, 0.4) is 0 Å². The van der Waals surface area contributed by atoms with Crippen LogP contribution in [0.2, 0.25) is 0 Å². The number of carbonyl (C=O) groups is 3. The molecule has 232 valence electrons. The van der Waals surface area contributed by atoms with E-state index in [4.69, 9.17) is 5.73 Å². The minimum absolute atomic E-state index is 0.0243. The van der Waals surface area contributed by atoms with Crippen molar-refractivity contribution >= 4 is 27.8 Å². The predicted octanol–water partition coefficient (Wildman–Crippen LogP) is 3.79. The van der Waals surface area contributed by atoms with Gasteiger partial charge in [0.15, 0.2) is 0 Å². The molecule has 0 unspecified atom stereocenters. The molecule has 0 saturated heterocycles. The van der Waals surface area contributed by atoms with Crippen molar-refractivity contribution in [3.05, 3.63) is 93.5 Å². The fraction of sp³-hybridized carbons (Fsp3) is 0.364. The molecule has 2 aliphatic rings. The zero-order valence-electron chi connectivity index (χ0n) is 24.9. The van der Waals surface area contributed by atoms with Crippen molar-refractivity contribution in [1.82, 2.24) is 9.62 Å². The molecule has 11 heteroatoms. The summed E-state index contributed by atoms with van der Waals surface area (Å²) in [4.78, 5) is 41.2. The predicted molar refractivity (Wildman–Crippen MR) is 166 cm³/mol. The SMILES string of the molecule is Cc1ccc([C@H]2[C@H](C(N)=O)c3cc(-c4ccc(C(=O)O)cc4CO)ccc3C(=O)N2[C@H]2CCCC[C@@H]2NS(C)(=O)=O)c(C)c1. The van der Waals surface area contributed by atoms with Crippen LogP contribution in [0.4, 0.5) is 0 Å². The number of aliphatic hydroxyl groups excluding tert-OH is 1. The van der Waals surface area contributed by atoms with Crippen molar-refractivity contribution < 1.29 is 33.0 Å². The van der Waals surface area contributed by atoms with E-state index in [0.29, 0.717) is 35.1 Å². The molecule has 2 amide bonds. The summed E-state index contributed by atoms with van der Waals surface area (Å²) in [5.41, 5.74) is 11.1. The van der Waals surface area contributed by atoms with Crippen molar-refractivity contribution in [1.29, 1.82) is 0 Å². The number of hydrogen-bond acceptors (Lipinski definition) is 6. The number of rotatable bonds is 8. The number of sulfonamides is 1. The second kappa shape index (κ2) is 12.1. The Balaban J connectivity index is 1.73. The number of amides is 2. The Labute approximate surface area is 256 Å². The first kappa shape index (κ1) is 31.4. The van der Waals surface area contributed by atoms with Crippen molar-refractivity contribution in [2.24, 2.45) is 5.73 Å². The Hall–Kier alpha value is -4.06. The van der Waals surface area contributed by atoms with E-state index in [1.165, 1.54) is 12.1 Å². The Kier molecular flexibility index (Phi) is 8.66. The van der Waals surface area contributed by atoms with Crippen LogP contribution in [0, 0.1) is 13.8 Å². The van der Waals surface area contributed by atoms with Gasteiger partial charge in [-0.15, -0.1) is 0 Å². The fourth-order valence-electron chi connectivity index (χ4n) is 6.93. The van der Waals surface area contributed by atoms with E-state index in [-0.39, 0.29) is 17.0 Å². The molecule has 3 aromatic carbocycles. The number of carbonyl (C=O) groups excluding carboxylic acids is 2. The first-order valence-electron chi connectivity index (χ1n) is 14.6. The lowest BCUT2D eigenvalue weighted by Crippen LogP contribution is -2.59. The first-order chi connectivity index (χ1) is 20.8. The summed E-state index contributed by atoms with van der Waals surface area (Å²) in [7, 11) is -3.59. The van der Waals surface area contributed by atoms with E-state index in [0.717, 1.165) is 35.8 Å². The molecule has 0 radical (unpaired) electrons. The van der Waals surface area contributed by atoms with Gasteiger partial charge in [0, 0.05) is 17.6 Å². The van der Waals surface area contributed by atoms with Gasteiger partial charge >= 0.3 is 5.97 Å². The topological polar surface area (TPSA) is 167 Å². The zero-order chi connectivity index (χ0) is 31.9. The summed E-state index contributed by atoms with van der Waals surface area (Å²) >= 11 is 0. The second-order valence-electron chi connectivity index (χ2n) is 11.9. The number of aliphatic hydroxyl groups is 1. The van der Waals surface area contributed by atoms with Crippen LogP contribution in [0.1, 0.15) is 86.2 Å². The minimum atomic E-state index is -3.59. The van der Waals surface area contributed by atoms with E-state index in [2.05, 4.69) is 4.72 Å². The molecule has 5 N–H and O–H groups in total. The Morgan fingerprint density at radius 3 is 2.32 bits per heavy atom. The molecule has 44 heavy (non-hydrogen) atoms. The number of carboxylic acids is 1. The third-order valence-electron chi connectivity index (χ3n) is 8.80. The summed E-state index contributed by atoms with van der Waals surface area (Å²) in [5, 5.41) is 19.5. The Morgan fingerprint density at radius 1 is 0.977 bits per heavy atom. The van der Waals surface area contributed by atoms with Gasteiger partial charge in [0.2, 0.25) is 15.9 Å². The second-order valence-corrected chi connectivity index (χ2v) is 13.7. The maximum atomic E-state index is 14.5. The lowest BCUT2D eigenvalue weighted by molar-refractivity contribution is -0.121. The highest BCUT2D eigenvalue weighted by atomic mass is 32.2. The molecule has 1 heterocycles. The van der Waals surface area contributed by atoms with E-state index in [1.54, 1.807) is 29.2 Å². The molecule has 0 bridgehead atoms. The largest absolute Gasteiger partial charge is 0.478 e. The number of fused-ring (bicyclic) bond motifs is 1. The quantitative estimate of drug-likeness (QED) is 0.298. The number of aromatic carboxylic acids is 1. The molecule has 1 fully saturated rings. The molecular weight excluding hydrogens is 582 g/mol. The summed E-state index contributed by atoms with van der Waals surface area (Å²) < 4.78 is 27.5. The third kappa shape index (κ3) is 5.99. The Bertz CT molecular complexity index is 1750. The number of nitrogens with one attached hydrogen (secondary N) is 1. The normalized spacial score (nSPS) is 22.0. The number of benzene rings is 3. The maximum Gasteiger partial charge on any atom is 0.335 e. The number of nitrogens with zero attached hydrogens (tertiary/aromatic N) is 1. The molecule has 0 aromatic heterocycles. The van der Waals surface area contributed by atoms with Gasteiger partial charge in [-0.05, 0) is 84.3 Å². The molecule has 0 spiro atoms. The number of carboxylic acid groups (broad SMARTS) is 1. The Morgan fingerprint density at radius 2 is 1.68 bits per heavy atom. The molecule has 4 atom stereocenters. The highest BCUT2D eigenvalue weighted by Gasteiger charge is 2.49. The zero-order valence-corrected chi connectivity index (χ0v) is 25.7. The number of nitrogens with two attached hydrogens (primary N) is 1. The van der Waals surface area contributed by atoms with Crippen LogP contribution in [0.25, 0.3) is 11.1 Å². The van der Waals surface area contributed by atoms with Gasteiger partial charge in [0.05, 0.1) is 30.4 Å². The molecule has 10 nitrogen and oxygen atoms in total. The minimum Gasteiger partial charge on any atom is -0.478 e. The number of aryl methyl sites for hydroxylation is 2. The van der Waals surface area contributed by atoms with E-state index in [1.807, 2.05) is 32.0 Å². The van der Waals surface area contributed by atoms with Gasteiger partial charge < -0.3 is 20.8 Å². The van der Waals surface area contributed by atoms with Gasteiger partial charge in [-0.2, -0.15) is 0 Å². The molecular formula is C33H37N3O7S. The smallest absolute Gasteiger partial charge is 0.335 e. The highest BCUT2D eigenvalue weighted by Crippen LogP contribution is 2.47. The van der Waals surface area contributed by atoms with Crippen LogP contribution in [-0.2, 0) is 21.4 Å². The van der Waals surface area contributed by atoms with Gasteiger partial charge in [0.1, 0.15) is 0 Å². The lowest BCUT2D eigenvalue weighted by Gasteiger charge is -2.49. The molecule has 1 saturated carbocycles. The van der Waals surface area contributed by atoms with Crippen LogP contribution in [-0.4, -0.2) is 59.7 Å². The van der Waals surface area contributed by atoms with Gasteiger partial charge in [-0.25, -0.2) is 17.9 Å². The maximum absolute atomic E-state index is 14.5. The number of primary amides is 1. The lowest BCUT2D eigenvalue weighted by atomic mass is 9.75. The molecule has 5 rings (SSSR count).